The van der Waals surface area contributed by atoms with Crippen LogP contribution in [0.25, 0.3) is 0 Å². The van der Waals surface area contributed by atoms with Gasteiger partial charge in [0.1, 0.15) is 11.5 Å². The molecule has 1 saturated carbocycles. The van der Waals surface area contributed by atoms with E-state index in [4.69, 9.17) is 4.42 Å². The summed E-state index contributed by atoms with van der Waals surface area (Å²) >= 11 is 1.30. The number of hydrogen-bond donors (Lipinski definition) is 2. The van der Waals surface area contributed by atoms with Crippen molar-refractivity contribution in [1.29, 1.82) is 0 Å². The number of hydrogen-bond acceptors (Lipinski definition) is 5. The van der Waals surface area contributed by atoms with Crippen molar-refractivity contribution in [2.75, 3.05) is 11.4 Å². The average Bonchev–Trinajstić information content (AvgIpc) is 3.54. The van der Waals surface area contributed by atoms with Gasteiger partial charge in [0.05, 0.1) is 11.4 Å². The molecular formula is C27H31N3O4S. The molecule has 2 N–H and O–H groups in total. The molecular weight excluding hydrogens is 462 g/mol. The van der Waals surface area contributed by atoms with Crippen LogP contribution < -0.4 is 15.5 Å². The van der Waals surface area contributed by atoms with Crippen molar-refractivity contribution in [2.45, 2.75) is 58.0 Å². The summed E-state index contributed by atoms with van der Waals surface area (Å²) in [4.78, 5) is 41.7. The van der Waals surface area contributed by atoms with Crippen molar-refractivity contribution >= 4 is 34.7 Å². The van der Waals surface area contributed by atoms with Crippen molar-refractivity contribution in [3.63, 3.8) is 0 Å². The Morgan fingerprint density at radius 3 is 2.40 bits per heavy atom. The quantitative estimate of drug-likeness (QED) is 0.466. The Morgan fingerprint density at radius 1 is 1.03 bits per heavy atom. The number of thiophene rings is 1. The minimum absolute atomic E-state index is 0.0725. The SMILES string of the molecule is Cc1ccc(N(C(=O)CNC(=O)c2cccs2)[C@@H](C(=O)NC2CCCCC2)c2ccc(C)o2)cc1. The lowest BCUT2D eigenvalue weighted by molar-refractivity contribution is -0.127. The smallest absolute Gasteiger partial charge is 0.261 e. The lowest BCUT2D eigenvalue weighted by atomic mass is 9.95. The molecule has 1 fully saturated rings. The number of benzene rings is 1. The molecule has 1 atom stereocenters. The third-order valence-electron chi connectivity index (χ3n) is 6.21. The van der Waals surface area contributed by atoms with Crippen molar-refractivity contribution in [3.05, 3.63) is 75.9 Å². The van der Waals surface area contributed by atoms with Gasteiger partial charge in [0.15, 0.2) is 6.04 Å². The summed E-state index contributed by atoms with van der Waals surface area (Å²) in [5.74, 6) is 0.0164. The first-order valence-corrected chi connectivity index (χ1v) is 12.9. The number of aryl methyl sites for hydroxylation is 2. The van der Waals surface area contributed by atoms with Crippen LogP contribution in [0.3, 0.4) is 0 Å². The van der Waals surface area contributed by atoms with Crippen LogP contribution in [0.4, 0.5) is 5.69 Å². The highest BCUT2D eigenvalue weighted by atomic mass is 32.1. The molecule has 1 aliphatic carbocycles. The van der Waals surface area contributed by atoms with E-state index >= 15 is 0 Å². The fourth-order valence-corrected chi connectivity index (χ4v) is 5.02. The molecule has 7 nitrogen and oxygen atoms in total. The van der Waals surface area contributed by atoms with Gasteiger partial charge in [-0.25, -0.2) is 0 Å². The van der Waals surface area contributed by atoms with Crippen LogP contribution >= 0.6 is 11.3 Å². The van der Waals surface area contributed by atoms with Gasteiger partial charge in [-0.1, -0.05) is 43.0 Å². The molecule has 0 radical (unpaired) electrons. The van der Waals surface area contributed by atoms with Crippen LogP contribution in [0, 0.1) is 13.8 Å². The van der Waals surface area contributed by atoms with E-state index in [0.29, 0.717) is 22.1 Å². The number of nitrogens with zero attached hydrogens (tertiary/aromatic N) is 1. The first-order valence-electron chi connectivity index (χ1n) is 12.0. The summed E-state index contributed by atoms with van der Waals surface area (Å²) in [7, 11) is 0. The average molecular weight is 494 g/mol. The maximum Gasteiger partial charge on any atom is 0.261 e. The molecule has 2 aromatic heterocycles. The first kappa shape index (κ1) is 24.7. The third kappa shape index (κ3) is 6.19. The summed E-state index contributed by atoms with van der Waals surface area (Å²) in [6.45, 7) is 3.51. The van der Waals surface area contributed by atoms with Crippen LogP contribution in [0.15, 0.2) is 58.3 Å². The van der Waals surface area contributed by atoms with Crippen molar-refractivity contribution in [1.82, 2.24) is 10.6 Å². The van der Waals surface area contributed by atoms with Gasteiger partial charge in [-0.2, -0.15) is 0 Å². The highest BCUT2D eigenvalue weighted by Crippen LogP contribution is 2.30. The van der Waals surface area contributed by atoms with Gasteiger partial charge in [-0.15, -0.1) is 11.3 Å². The van der Waals surface area contributed by atoms with Crippen LogP contribution in [-0.4, -0.2) is 30.3 Å². The van der Waals surface area contributed by atoms with Crippen LogP contribution in [-0.2, 0) is 9.59 Å². The summed E-state index contributed by atoms with van der Waals surface area (Å²) in [5.41, 5.74) is 1.59. The highest BCUT2D eigenvalue weighted by Gasteiger charge is 2.36. The summed E-state index contributed by atoms with van der Waals surface area (Å²) in [5, 5.41) is 7.65. The van der Waals surface area contributed by atoms with Gasteiger partial charge in [0.25, 0.3) is 11.8 Å². The van der Waals surface area contributed by atoms with E-state index in [9.17, 15) is 14.4 Å². The number of rotatable bonds is 8. The minimum atomic E-state index is -1.00. The van der Waals surface area contributed by atoms with Crippen molar-refractivity contribution in [2.24, 2.45) is 0 Å². The summed E-state index contributed by atoms with van der Waals surface area (Å²) < 4.78 is 5.88. The van der Waals surface area contributed by atoms with Gasteiger partial charge < -0.3 is 15.1 Å². The molecule has 4 rings (SSSR count). The van der Waals surface area contributed by atoms with Gasteiger partial charge >= 0.3 is 0 Å². The van der Waals surface area contributed by atoms with Gasteiger partial charge in [-0.3, -0.25) is 19.3 Å². The normalized spacial score (nSPS) is 14.8. The molecule has 1 aromatic carbocycles. The predicted molar refractivity (Wildman–Crippen MR) is 137 cm³/mol. The Balaban J connectivity index is 1.64. The Bertz CT molecular complexity index is 1150. The molecule has 0 aliphatic heterocycles. The van der Waals surface area contributed by atoms with Gasteiger partial charge in [-0.05, 0) is 62.4 Å². The molecule has 35 heavy (non-hydrogen) atoms. The van der Waals surface area contributed by atoms with E-state index in [1.54, 1.807) is 36.6 Å². The van der Waals surface area contributed by atoms with Gasteiger partial charge in [0.2, 0.25) is 5.91 Å². The Kier molecular flexibility index (Phi) is 8.02. The minimum Gasteiger partial charge on any atom is -0.464 e. The van der Waals surface area contributed by atoms with E-state index in [0.717, 1.165) is 31.2 Å². The van der Waals surface area contributed by atoms with E-state index in [1.165, 1.54) is 22.7 Å². The second-order valence-electron chi connectivity index (χ2n) is 8.95. The largest absolute Gasteiger partial charge is 0.464 e. The molecule has 2 heterocycles. The number of carbonyl (C=O) groups excluding carboxylic acids is 3. The Labute approximate surface area is 209 Å². The van der Waals surface area contributed by atoms with Crippen LogP contribution in [0.5, 0.6) is 0 Å². The molecule has 8 heteroatoms. The maximum atomic E-state index is 13.7. The fourth-order valence-electron chi connectivity index (χ4n) is 4.38. The predicted octanol–water partition coefficient (Wildman–Crippen LogP) is 4.91. The van der Waals surface area contributed by atoms with Crippen LogP contribution in [0.1, 0.15) is 64.9 Å². The lowest BCUT2D eigenvalue weighted by Crippen LogP contribution is -2.49. The van der Waals surface area contributed by atoms with E-state index in [-0.39, 0.29) is 24.4 Å². The van der Waals surface area contributed by atoms with E-state index in [1.807, 2.05) is 31.2 Å². The fraction of sp³-hybridized carbons (Fsp3) is 0.370. The third-order valence-corrected chi connectivity index (χ3v) is 7.08. The highest BCUT2D eigenvalue weighted by molar-refractivity contribution is 7.12. The molecule has 0 saturated heterocycles. The first-order chi connectivity index (χ1) is 16.9. The zero-order chi connectivity index (χ0) is 24.8. The van der Waals surface area contributed by atoms with Crippen LogP contribution in [0.2, 0.25) is 0 Å². The van der Waals surface area contributed by atoms with Gasteiger partial charge in [0, 0.05) is 11.7 Å². The standard InChI is InChI=1S/C27H31N3O4S/c1-18-10-13-21(14-11-18)30(24(31)17-28-26(32)23-9-6-16-35-23)25(22-15-12-19(2)34-22)27(33)29-20-7-4-3-5-8-20/h6,9-16,20,25H,3-5,7-8,17H2,1-2H3,(H,28,32)(H,29,33)/t25-/m1/s1. The number of amides is 3. The van der Waals surface area contributed by atoms with Crippen molar-refractivity contribution < 1.29 is 18.8 Å². The Morgan fingerprint density at radius 2 is 1.77 bits per heavy atom. The maximum absolute atomic E-state index is 13.7. The molecule has 3 aromatic rings. The Hall–Kier alpha value is -3.39. The molecule has 184 valence electrons. The molecule has 1 aliphatic rings. The van der Waals surface area contributed by atoms with E-state index < -0.39 is 11.9 Å². The second-order valence-corrected chi connectivity index (χ2v) is 9.90. The lowest BCUT2D eigenvalue weighted by Gasteiger charge is -2.32. The molecule has 0 spiro atoms. The topological polar surface area (TPSA) is 91.7 Å². The van der Waals surface area contributed by atoms with Crippen molar-refractivity contribution in [3.8, 4) is 0 Å². The number of carbonyl (C=O) groups is 3. The second kappa shape index (κ2) is 11.4. The molecule has 0 bridgehead atoms. The zero-order valence-electron chi connectivity index (χ0n) is 20.1. The molecule has 0 unspecified atom stereocenters. The summed E-state index contributed by atoms with van der Waals surface area (Å²) in [6, 6.07) is 13.5. The molecule has 3 amide bonds. The zero-order valence-corrected chi connectivity index (χ0v) is 20.9. The summed E-state index contributed by atoms with van der Waals surface area (Å²) in [6.07, 6.45) is 5.16. The number of furan rings is 1. The monoisotopic (exact) mass is 493 g/mol. The number of nitrogens with one attached hydrogen (secondary N) is 2. The van der Waals surface area contributed by atoms with E-state index in [2.05, 4.69) is 10.6 Å². The number of anilines is 1.